The maximum atomic E-state index is 11.4. The SMILES string of the molecule is CC(C)C1CCCCC1Nc1cc2n[nH]c(=O)n2cn1. The Morgan fingerprint density at radius 3 is 3.00 bits per heavy atom. The Labute approximate surface area is 117 Å². The number of nitrogens with one attached hydrogen (secondary N) is 2. The molecule has 0 spiro atoms. The monoisotopic (exact) mass is 275 g/mol. The largest absolute Gasteiger partial charge is 0.367 e. The summed E-state index contributed by atoms with van der Waals surface area (Å²) in [5.74, 6) is 2.15. The Hall–Kier alpha value is -1.85. The second-order valence-corrected chi connectivity index (χ2v) is 5.97. The zero-order chi connectivity index (χ0) is 14.1. The van der Waals surface area contributed by atoms with Crippen LogP contribution in [-0.4, -0.2) is 25.6 Å². The molecule has 3 rings (SSSR count). The van der Waals surface area contributed by atoms with Crippen molar-refractivity contribution in [1.29, 1.82) is 0 Å². The molecule has 0 bridgehead atoms. The van der Waals surface area contributed by atoms with Crippen molar-refractivity contribution < 1.29 is 0 Å². The van der Waals surface area contributed by atoms with Gasteiger partial charge in [-0.3, -0.25) is 0 Å². The number of anilines is 1. The molecular weight excluding hydrogens is 254 g/mol. The molecule has 1 fully saturated rings. The molecule has 2 aromatic heterocycles. The van der Waals surface area contributed by atoms with Gasteiger partial charge in [0.1, 0.15) is 12.1 Å². The van der Waals surface area contributed by atoms with E-state index in [-0.39, 0.29) is 5.69 Å². The lowest BCUT2D eigenvalue weighted by molar-refractivity contribution is 0.253. The van der Waals surface area contributed by atoms with Gasteiger partial charge in [-0.1, -0.05) is 26.7 Å². The van der Waals surface area contributed by atoms with Crippen LogP contribution in [0.3, 0.4) is 0 Å². The minimum atomic E-state index is -0.253. The van der Waals surface area contributed by atoms with Gasteiger partial charge in [-0.2, -0.15) is 5.10 Å². The van der Waals surface area contributed by atoms with Crippen LogP contribution in [0, 0.1) is 11.8 Å². The lowest BCUT2D eigenvalue weighted by Gasteiger charge is -2.35. The van der Waals surface area contributed by atoms with Crippen LogP contribution in [-0.2, 0) is 0 Å². The number of H-pyrrole nitrogens is 1. The van der Waals surface area contributed by atoms with Gasteiger partial charge in [0.15, 0.2) is 5.65 Å². The highest BCUT2D eigenvalue weighted by molar-refractivity contribution is 5.48. The van der Waals surface area contributed by atoms with Crippen LogP contribution in [0.4, 0.5) is 5.82 Å². The van der Waals surface area contributed by atoms with E-state index in [0.29, 0.717) is 23.5 Å². The number of nitrogens with zero attached hydrogens (tertiary/aromatic N) is 3. The maximum Gasteiger partial charge on any atom is 0.348 e. The Kier molecular flexibility index (Phi) is 3.46. The fourth-order valence-corrected chi connectivity index (χ4v) is 3.22. The number of fused-ring (bicyclic) bond motifs is 1. The summed E-state index contributed by atoms with van der Waals surface area (Å²) < 4.78 is 1.41. The molecule has 0 aromatic carbocycles. The molecule has 1 saturated carbocycles. The molecule has 1 aliphatic rings. The molecule has 2 N–H and O–H groups in total. The third-order valence-electron chi connectivity index (χ3n) is 4.32. The Bertz CT molecular complexity index is 644. The van der Waals surface area contributed by atoms with Crippen molar-refractivity contribution in [2.75, 3.05) is 5.32 Å². The van der Waals surface area contributed by atoms with Crippen LogP contribution < -0.4 is 11.0 Å². The Morgan fingerprint density at radius 2 is 2.20 bits per heavy atom. The predicted octanol–water partition coefficient (Wildman–Crippen LogP) is 2.04. The highest BCUT2D eigenvalue weighted by Crippen LogP contribution is 2.31. The van der Waals surface area contributed by atoms with Crippen molar-refractivity contribution in [3.8, 4) is 0 Å². The molecule has 0 saturated heterocycles. The molecule has 0 radical (unpaired) electrons. The van der Waals surface area contributed by atoms with Crippen LogP contribution in [0.5, 0.6) is 0 Å². The van der Waals surface area contributed by atoms with Crippen molar-refractivity contribution in [3.05, 3.63) is 22.9 Å². The van der Waals surface area contributed by atoms with Crippen molar-refractivity contribution in [2.24, 2.45) is 11.8 Å². The Morgan fingerprint density at radius 1 is 1.40 bits per heavy atom. The number of aromatic amines is 1. The maximum absolute atomic E-state index is 11.4. The second kappa shape index (κ2) is 5.26. The summed E-state index contributed by atoms with van der Waals surface area (Å²) in [5.41, 5.74) is 0.348. The van der Waals surface area contributed by atoms with E-state index < -0.39 is 0 Å². The van der Waals surface area contributed by atoms with Crippen LogP contribution in [0.1, 0.15) is 39.5 Å². The van der Waals surface area contributed by atoms with Gasteiger partial charge in [-0.15, -0.1) is 0 Å². The minimum absolute atomic E-state index is 0.253. The molecule has 2 atom stereocenters. The molecule has 6 heteroatoms. The van der Waals surface area contributed by atoms with E-state index in [9.17, 15) is 4.79 Å². The van der Waals surface area contributed by atoms with Gasteiger partial charge in [0, 0.05) is 12.1 Å². The summed E-state index contributed by atoms with van der Waals surface area (Å²) in [6.45, 7) is 4.57. The summed E-state index contributed by atoms with van der Waals surface area (Å²) in [6, 6.07) is 2.29. The van der Waals surface area contributed by atoms with Crippen LogP contribution >= 0.6 is 0 Å². The number of aromatic nitrogens is 4. The molecule has 6 nitrogen and oxygen atoms in total. The molecule has 0 aliphatic heterocycles. The van der Waals surface area contributed by atoms with Gasteiger partial charge < -0.3 is 5.32 Å². The molecule has 2 aromatic rings. The first-order chi connectivity index (χ1) is 9.65. The van der Waals surface area contributed by atoms with E-state index >= 15 is 0 Å². The number of rotatable bonds is 3. The summed E-state index contributed by atoms with van der Waals surface area (Å²) >= 11 is 0. The lowest BCUT2D eigenvalue weighted by atomic mass is 9.78. The third-order valence-corrected chi connectivity index (χ3v) is 4.32. The molecule has 2 unspecified atom stereocenters. The zero-order valence-corrected chi connectivity index (χ0v) is 12.0. The molecule has 1 aliphatic carbocycles. The van der Waals surface area contributed by atoms with E-state index in [0.717, 1.165) is 5.82 Å². The summed E-state index contributed by atoms with van der Waals surface area (Å²) in [4.78, 5) is 15.7. The van der Waals surface area contributed by atoms with Gasteiger partial charge >= 0.3 is 5.69 Å². The van der Waals surface area contributed by atoms with Gasteiger partial charge in [0.05, 0.1) is 0 Å². The zero-order valence-electron chi connectivity index (χ0n) is 12.0. The van der Waals surface area contributed by atoms with Gasteiger partial charge in [0.2, 0.25) is 0 Å². The van der Waals surface area contributed by atoms with Crippen molar-refractivity contribution in [1.82, 2.24) is 19.6 Å². The second-order valence-electron chi connectivity index (χ2n) is 5.97. The van der Waals surface area contributed by atoms with Crippen LogP contribution in [0.15, 0.2) is 17.2 Å². The minimum Gasteiger partial charge on any atom is -0.367 e. The van der Waals surface area contributed by atoms with E-state index in [1.165, 1.54) is 36.4 Å². The van der Waals surface area contributed by atoms with E-state index in [4.69, 9.17) is 0 Å². The lowest BCUT2D eigenvalue weighted by Crippen LogP contribution is -2.35. The average Bonchev–Trinajstić information content (AvgIpc) is 2.80. The molecule has 0 amide bonds. The summed E-state index contributed by atoms with van der Waals surface area (Å²) in [7, 11) is 0. The molecule has 20 heavy (non-hydrogen) atoms. The first kappa shape index (κ1) is 13.1. The molecular formula is C14H21N5O. The first-order valence-electron chi connectivity index (χ1n) is 7.34. The Balaban J connectivity index is 1.82. The van der Waals surface area contributed by atoms with Gasteiger partial charge in [-0.25, -0.2) is 19.3 Å². The van der Waals surface area contributed by atoms with Gasteiger partial charge in [0.25, 0.3) is 0 Å². The van der Waals surface area contributed by atoms with Gasteiger partial charge in [-0.05, 0) is 24.7 Å². The summed E-state index contributed by atoms with van der Waals surface area (Å²) in [5, 5.41) is 9.93. The third kappa shape index (κ3) is 2.42. The highest BCUT2D eigenvalue weighted by Gasteiger charge is 2.27. The van der Waals surface area contributed by atoms with E-state index in [1.54, 1.807) is 0 Å². The smallest absolute Gasteiger partial charge is 0.348 e. The quantitative estimate of drug-likeness (QED) is 0.899. The van der Waals surface area contributed by atoms with Crippen molar-refractivity contribution in [2.45, 2.75) is 45.6 Å². The highest BCUT2D eigenvalue weighted by atomic mass is 16.1. The van der Waals surface area contributed by atoms with Crippen LogP contribution in [0.25, 0.3) is 5.65 Å². The fourth-order valence-electron chi connectivity index (χ4n) is 3.22. The number of hydrogen-bond donors (Lipinski definition) is 2. The van der Waals surface area contributed by atoms with E-state index in [1.807, 2.05) is 6.07 Å². The topological polar surface area (TPSA) is 75.1 Å². The average molecular weight is 275 g/mol. The van der Waals surface area contributed by atoms with Crippen molar-refractivity contribution >= 4 is 11.5 Å². The van der Waals surface area contributed by atoms with E-state index in [2.05, 4.69) is 34.3 Å². The molecule has 108 valence electrons. The molecule has 2 heterocycles. The van der Waals surface area contributed by atoms with Crippen molar-refractivity contribution in [3.63, 3.8) is 0 Å². The standard InChI is InChI=1S/C14H21N5O/c1-9(2)10-5-3-4-6-11(10)16-12-7-13-17-18-14(20)19(13)8-15-12/h7-11,16H,3-6H2,1-2H3,(H,18,20). The number of hydrogen-bond acceptors (Lipinski definition) is 4. The first-order valence-corrected chi connectivity index (χ1v) is 7.34. The van der Waals surface area contributed by atoms with Crippen LogP contribution in [0.2, 0.25) is 0 Å². The predicted molar refractivity (Wildman–Crippen MR) is 77.8 cm³/mol. The summed E-state index contributed by atoms with van der Waals surface area (Å²) in [6.07, 6.45) is 6.58. The normalized spacial score (nSPS) is 23.4. The fraction of sp³-hybridized carbons (Fsp3) is 0.643.